The Labute approximate surface area is 245 Å². The molecule has 6 rings (SSSR count). The van der Waals surface area contributed by atoms with E-state index in [-0.39, 0.29) is 11.7 Å². The molecule has 0 atom stereocenters. The first kappa shape index (κ1) is 27.6. The van der Waals surface area contributed by atoms with Gasteiger partial charge < -0.3 is 16.0 Å². The molecular formula is C34H35FN6O. The van der Waals surface area contributed by atoms with Crippen LogP contribution < -0.4 is 16.0 Å². The summed E-state index contributed by atoms with van der Waals surface area (Å²) in [5.74, 6) is -0.00361. The number of halogens is 1. The van der Waals surface area contributed by atoms with Crippen LogP contribution in [0.3, 0.4) is 0 Å². The highest BCUT2D eigenvalue weighted by Gasteiger charge is 2.18. The maximum absolute atomic E-state index is 14.1. The van der Waals surface area contributed by atoms with Gasteiger partial charge in [-0.25, -0.2) is 14.4 Å². The average Bonchev–Trinajstić information content (AvgIpc) is 3.02. The number of anilines is 3. The first-order valence-corrected chi connectivity index (χ1v) is 14.9. The van der Waals surface area contributed by atoms with E-state index in [0.717, 1.165) is 50.6 Å². The lowest BCUT2D eigenvalue weighted by molar-refractivity contribution is 0.0953. The molecule has 0 fully saturated rings. The van der Waals surface area contributed by atoms with Crippen molar-refractivity contribution < 1.29 is 9.18 Å². The van der Waals surface area contributed by atoms with Gasteiger partial charge in [-0.05, 0) is 80.5 Å². The minimum absolute atomic E-state index is 0.130. The van der Waals surface area contributed by atoms with Crippen molar-refractivity contribution >= 4 is 44.9 Å². The van der Waals surface area contributed by atoms with Crippen LogP contribution in [0.15, 0.2) is 73.1 Å². The van der Waals surface area contributed by atoms with Crippen LogP contribution in [-0.4, -0.2) is 33.9 Å². The Morgan fingerprint density at radius 1 is 0.810 bits per heavy atom. The third-order valence-corrected chi connectivity index (χ3v) is 7.89. The van der Waals surface area contributed by atoms with Crippen LogP contribution in [0.2, 0.25) is 0 Å². The molecule has 0 aliphatic heterocycles. The highest BCUT2D eigenvalue weighted by Crippen LogP contribution is 2.33. The van der Waals surface area contributed by atoms with Crippen molar-refractivity contribution in [2.75, 3.05) is 23.7 Å². The van der Waals surface area contributed by atoms with Crippen molar-refractivity contribution in [1.82, 2.24) is 20.3 Å². The van der Waals surface area contributed by atoms with Crippen LogP contribution in [-0.2, 0) is 12.8 Å². The summed E-state index contributed by atoms with van der Waals surface area (Å²) in [4.78, 5) is 26.3. The van der Waals surface area contributed by atoms with E-state index >= 15 is 0 Å². The molecule has 2 aromatic heterocycles. The third kappa shape index (κ3) is 6.17. The molecule has 214 valence electrons. The summed E-state index contributed by atoms with van der Waals surface area (Å²) in [7, 11) is 0. The number of hydrogen-bond donors (Lipinski definition) is 3. The summed E-state index contributed by atoms with van der Waals surface area (Å²) < 4.78 is 14.1. The molecule has 3 aromatic carbocycles. The zero-order valence-electron chi connectivity index (χ0n) is 23.6. The van der Waals surface area contributed by atoms with Gasteiger partial charge in [-0.3, -0.25) is 9.78 Å². The molecule has 0 radical (unpaired) electrons. The summed E-state index contributed by atoms with van der Waals surface area (Å²) in [6.07, 6.45) is 10.2. The smallest absolute Gasteiger partial charge is 0.251 e. The number of aryl methyl sites for hydroxylation is 1. The Morgan fingerprint density at radius 2 is 1.62 bits per heavy atom. The van der Waals surface area contributed by atoms with Gasteiger partial charge in [-0.15, -0.1) is 0 Å². The van der Waals surface area contributed by atoms with Gasteiger partial charge in [-0.1, -0.05) is 43.2 Å². The van der Waals surface area contributed by atoms with Gasteiger partial charge in [0.1, 0.15) is 18.0 Å². The van der Waals surface area contributed by atoms with Gasteiger partial charge in [0.25, 0.3) is 5.91 Å². The fraction of sp³-hybridized carbons (Fsp3) is 0.294. The Balaban J connectivity index is 0.965. The van der Waals surface area contributed by atoms with E-state index < -0.39 is 0 Å². The minimum Gasteiger partial charge on any atom is -0.384 e. The first-order valence-electron chi connectivity index (χ1n) is 14.9. The summed E-state index contributed by atoms with van der Waals surface area (Å²) >= 11 is 0. The lowest BCUT2D eigenvalue weighted by atomic mass is 9.92. The van der Waals surface area contributed by atoms with Crippen LogP contribution >= 0.6 is 0 Å². The van der Waals surface area contributed by atoms with E-state index in [4.69, 9.17) is 4.98 Å². The summed E-state index contributed by atoms with van der Waals surface area (Å²) in [5.41, 5.74) is 6.51. The van der Waals surface area contributed by atoms with Crippen molar-refractivity contribution in [1.29, 1.82) is 0 Å². The number of amides is 1. The predicted octanol–water partition coefficient (Wildman–Crippen LogP) is 7.34. The van der Waals surface area contributed by atoms with Crippen LogP contribution in [0.25, 0.3) is 21.8 Å². The number of nitrogens with zero attached hydrogens (tertiary/aromatic N) is 3. The van der Waals surface area contributed by atoms with Gasteiger partial charge in [0.2, 0.25) is 0 Å². The van der Waals surface area contributed by atoms with Crippen LogP contribution in [0.4, 0.5) is 21.6 Å². The lowest BCUT2D eigenvalue weighted by Gasteiger charge is -2.21. The maximum Gasteiger partial charge on any atom is 0.251 e. The standard InChI is InChI=1S/C34H35FN6O/c35-27-13-5-8-16-30(27)41-33-26-18-17-23(21-31(26)38-22-39-33)34(42)37-20-10-2-1-9-19-36-32-24-11-3-6-14-28(24)40-29-15-7-4-12-25(29)32/h3,5-6,8,11,13-14,16-18,21-22H,1-2,4,7,9-10,12,15,19-20H2,(H,36,40)(H,37,42)(H,38,39,41). The molecule has 7 nitrogen and oxygen atoms in total. The second kappa shape index (κ2) is 12.9. The number of carbonyl (C=O) groups is 1. The van der Waals surface area contributed by atoms with E-state index in [0.29, 0.717) is 34.5 Å². The quantitative estimate of drug-likeness (QED) is 0.146. The van der Waals surface area contributed by atoms with Crippen LogP contribution in [0.1, 0.15) is 60.1 Å². The molecule has 1 aliphatic rings. The Kier molecular flexibility index (Phi) is 8.49. The van der Waals surface area contributed by atoms with Crippen molar-refractivity contribution in [3.05, 3.63) is 95.7 Å². The normalized spacial score (nSPS) is 12.7. The SMILES string of the molecule is O=C(NCCCCCCNc1c2c(nc3ccccc13)CCCC2)c1ccc2c(Nc3ccccc3F)ncnc2c1. The number of aromatic nitrogens is 3. The zero-order chi connectivity index (χ0) is 28.7. The summed E-state index contributed by atoms with van der Waals surface area (Å²) in [5, 5.41) is 11.7. The van der Waals surface area contributed by atoms with Crippen molar-refractivity contribution in [2.45, 2.75) is 51.4 Å². The summed E-state index contributed by atoms with van der Waals surface area (Å²) in [6, 6.07) is 20.2. The number of carbonyl (C=O) groups excluding carboxylic acids is 1. The molecule has 0 saturated heterocycles. The van der Waals surface area contributed by atoms with Gasteiger partial charge >= 0.3 is 0 Å². The summed E-state index contributed by atoms with van der Waals surface area (Å²) in [6.45, 7) is 1.55. The predicted molar refractivity (Wildman–Crippen MR) is 167 cm³/mol. The fourth-order valence-electron chi connectivity index (χ4n) is 5.68. The number of fused-ring (bicyclic) bond motifs is 3. The van der Waals surface area contributed by atoms with E-state index in [9.17, 15) is 9.18 Å². The topological polar surface area (TPSA) is 91.8 Å². The number of hydrogen-bond acceptors (Lipinski definition) is 6. The highest BCUT2D eigenvalue weighted by molar-refractivity contribution is 6.00. The Hall–Kier alpha value is -4.59. The maximum atomic E-state index is 14.1. The number of unbranched alkanes of at least 4 members (excludes halogenated alkanes) is 3. The molecule has 2 heterocycles. The van der Waals surface area contributed by atoms with Crippen LogP contribution in [0, 0.1) is 5.82 Å². The molecule has 0 saturated carbocycles. The van der Waals surface area contributed by atoms with Crippen LogP contribution in [0.5, 0.6) is 0 Å². The molecule has 0 unspecified atom stereocenters. The number of nitrogens with one attached hydrogen (secondary N) is 3. The second-order valence-electron chi connectivity index (χ2n) is 10.8. The van der Waals surface area contributed by atoms with E-state index in [1.54, 1.807) is 36.4 Å². The monoisotopic (exact) mass is 562 g/mol. The molecule has 3 N–H and O–H groups in total. The van der Waals surface area contributed by atoms with Crippen molar-refractivity contribution in [3.63, 3.8) is 0 Å². The largest absolute Gasteiger partial charge is 0.384 e. The molecular weight excluding hydrogens is 527 g/mol. The van der Waals surface area contributed by atoms with E-state index in [1.165, 1.54) is 47.6 Å². The number of rotatable bonds is 11. The molecule has 8 heteroatoms. The van der Waals surface area contributed by atoms with Gasteiger partial charge in [-0.2, -0.15) is 0 Å². The van der Waals surface area contributed by atoms with E-state index in [1.807, 2.05) is 0 Å². The molecule has 0 spiro atoms. The molecule has 1 aliphatic carbocycles. The van der Waals surface area contributed by atoms with E-state index in [2.05, 4.69) is 50.2 Å². The van der Waals surface area contributed by atoms with Gasteiger partial charge in [0, 0.05) is 40.8 Å². The molecule has 1 amide bonds. The highest BCUT2D eigenvalue weighted by atomic mass is 19.1. The second-order valence-corrected chi connectivity index (χ2v) is 10.8. The number of pyridine rings is 1. The Bertz CT molecular complexity index is 1720. The molecule has 5 aromatic rings. The fourth-order valence-corrected chi connectivity index (χ4v) is 5.68. The molecule has 0 bridgehead atoms. The number of benzene rings is 3. The average molecular weight is 563 g/mol. The van der Waals surface area contributed by atoms with Crippen molar-refractivity contribution in [2.24, 2.45) is 0 Å². The zero-order valence-corrected chi connectivity index (χ0v) is 23.6. The third-order valence-electron chi connectivity index (χ3n) is 7.89. The Morgan fingerprint density at radius 3 is 2.52 bits per heavy atom. The van der Waals surface area contributed by atoms with Gasteiger partial charge in [0.15, 0.2) is 0 Å². The minimum atomic E-state index is -0.363. The van der Waals surface area contributed by atoms with Crippen molar-refractivity contribution in [3.8, 4) is 0 Å². The van der Waals surface area contributed by atoms with Gasteiger partial charge in [0.05, 0.1) is 16.7 Å². The lowest BCUT2D eigenvalue weighted by Crippen LogP contribution is -2.24. The number of para-hydroxylation sites is 2. The molecule has 42 heavy (non-hydrogen) atoms. The first-order chi connectivity index (χ1) is 20.7.